The van der Waals surface area contributed by atoms with Crippen LogP contribution in [0.15, 0.2) is 0 Å². The van der Waals surface area contributed by atoms with E-state index in [1.807, 2.05) is 0 Å². The zero-order valence-electron chi connectivity index (χ0n) is 8.16. The molecule has 1 heterocycles. The zero-order chi connectivity index (χ0) is 8.97. The van der Waals surface area contributed by atoms with Gasteiger partial charge in [0.05, 0.1) is 6.61 Å². The fourth-order valence-corrected chi connectivity index (χ4v) is 1.80. The molecule has 1 N–H and O–H groups in total. The minimum atomic E-state index is 0.292. The Morgan fingerprint density at radius 3 is 2.83 bits per heavy atom. The molecule has 0 aliphatic carbocycles. The van der Waals surface area contributed by atoms with Gasteiger partial charge in [-0.05, 0) is 33.5 Å². The average molecular weight is 172 g/mol. The van der Waals surface area contributed by atoms with Gasteiger partial charge >= 0.3 is 0 Å². The van der Waals surface area contributed by atoms with Crippen molar-refractivity contribution < 1.29 is 5.11 Å². The summed E-state index contributed by atoms with van der Waals surface area (Å²) in [5.41, 5.74) is 0. The van der Waals surface area contributed by atoms with Gasteiger partial charge in [-0.15, -0.1) is 0 Å². The van der Waals surface area contributed by atoms with Crippen LogP contribution in [0.5, 0.6) is 0 Å². The lowest BCUT2D eigenvalue weighted by molar-refractivity contribution is 0.113. The van der Waals surface area contributed by atoms with Gasteiger partial charge in [0.1, 0.15) is 0 Å². The molecule has 3 nitrogen and oxygen atoms in total. The van der Waals surface area contributed by atoms with Crippen molar-refractivity contribution in [3.05, 3.63) is 0 Å². The van der Waals surface area contributed by atoms with E-state index in [9.17, 15) is 0 Å². The molecule has 1 atom stereocenters. The van der Waals surface area contributed by atoms with E-state index in [1.165, 1.54) is 12.8 Å². The first-order chi connectivity index (χ1) is 5.74. The summed E-state index contributed by atoms with van der Waals surface area (Å²) in [6, 6.07) is 0.685. The van der Waals surface area contributed by atoms with E-state index in [-0.39, 0.29) is 0 Å². The molecular formula is C9H20N2O. The standard InChI is InChI=1S/C9H20N2O/c1-10(2)9-4-3-5-11(8-9)6-7-12/h9,12H,3-8H2,1-2H3/t9-/m1/s1. The molecule has 0 bridgehead atoms. The van der Waals surface area contributed by atoms with Gasteiger partial charge in [-0.25, -0.2) is 0 Å². The number of β-amino-alcohol motifs (C(OH)–C–C–N with tert-alkyl or cyclic N) is 1. The number of hydrogen-bond donors (Lipinski definition) is 1. The summed E-state index contributed by atoms with van der Waals surface area (Å²) >= 11 is 0. The van der Waals surface area contributed by atoms with Gasteiger partial charge in [0.25, 0.3) is 0 Å². The van der Waals surface area contributed by atoms with Crippen LogP contribution < -0.4 is 0 Å². The average Bonchev–Trinajstić information content (AvgIpc) is 2.05. The van der Waals surface area contributed by atoms with Gasteiger partial charge in [0.15, 0.2) is 0 Å². The van der Waals surface area contributed by atoms with Crippen LogP contribution in [0.2, 0.25) is 0 Å². The highest BCUT2D eigenvalue weighted by Gasteiger charge is 2.20. The summed E-state index contributed by atoms with van der Waals surface area (Å²) in [7, 11) is 4.26. The van der Waals surface area contributed by atoms with Crippen molar-refractivity contribution in [2.24, 2.45) is 0 Å². The van der Waals surface area contributed by atoms with Gasteiger partial charge in [-0.1, -0.05) is 0 Å². The number of piperidine rings is 1. The van der Waals surface area contributed by atoms with E-state index < -0.39 is 0 Å². The lowest BCUT2D eigenvalue weighted by atomic mass is 10.1. The molecular weight excluding hydrogens is 152 g/mol. The first-order valence-electron chi connectivity index (χ1n) is 4.73. The molecule has 72 valence electrons. The van der Waals surface area contributed by atoms with Crippen molar-refractivity contribution in [1.29, 1.82) is 0 Å². The van der Waals surface area contributed by atoms with Crippen LogP contribution in [0.3, 0.4) is 0 Å². The molecule has 1 aliphatic rings. The Kier molecular flexibility index (Phi) is 3.98. The topological polar surface area (TPSA) is 26.7 Å². The molecule has 0 aromatic rings. The molecule has 0 aromatic heterocycles. The Labute approximate surface area is 75.0 Å². The Balaban J connectivity index is 2.30. The van der Waals surface area contributed by atoms with Crippen LogP contribution in [0.25, 0.3) is 0 Å². The zero-order valence-corrected chi connectivity index (χ0v) is 8.16. The molecule has 0 radical (unpaired) electrons. The van der Waals surface area contributed by atoms with Crippen molar-refractivity contribution in [1.82, 2.24) is 9.80 Å². The Morgan fingerprint density at radius 2 is 2.25 bits per heavy atom. The molecule has 0 amide bonds. The van der Waals surface area contributed by atoms with Crippen LogP contribution in [0.4, 0.5) is 0 Å². The number of rotatable bonds is 3. The summed E-state index contributed by atoms with van der Waals surface area (Å²) in [4.78, 5) is 4.62. The Morgan fingerprint density at radius 1 is 1.50 bits per heavy atom. The lowest BCUT2D eigenvalue weighted by Crippen LogP contribution is -2.45. The van der Waals surface area contributed by atoms with Crippen LogP contribution in [0.1, 0.15) is 12.8 Å². The fourth-order valence-electron chi connectivity index (χ4n) is 1.80. The molecule has 1 rings (SSSR count). The predicted molar refractivity (Wildman–Crippen MR) is 50.2 cm³/mol. The Bertz CT molecular complexity index is 126. The van der Waals surface area contributed by atoms with Crippen LogP contribution in [-0.4, -0.2) is 61.3 Å². The highest BCUT2D eigenvalue weighted by molar-refractivity contribution is 4.77. The van der Waals surface area contributed by atoms with Crippen molar-refractivity contribution in [3.8, 4) is 0 Å². The normalized spacial score (nSPS) is 26.5. The predicted octanol–water partition coefficient (Wildman–Crippen LogP) is 0.00470. The minimum absolute atomic E-state index is 0.292. The third-order valence-corrected chi connectivity index (χ3v) is 2.63. The third-order valence-electron chi connectivity index (χ3n) is 2.63. The maximum atomic E-state index is 8.79. The Hall–Kier alpha value is -0.120. The van der Waals surface area contributed by atoms with E-state index in [2.05, 4.69) is 23.9 Å². The van der Waals surface area contributed by atoms with Gasteiger partial charge in [-0.3, -0.25) is 4.90 Å². The number of likely N-dealkylation sites (N-methyl/N-ethyl adjacent to an activating group) is 1. The number of likely N-dealkylation sites (tertiary alicyclic amines) is 1. The highest BCUT2D eigenvalue weighted by atomic mass is 16.3. The van der Waals surface area contributed by atoms with Gasteiger partial charge in [0, 0.05) is 19.1 Å². The van der Waals surface area contributed by atoms with E-state index in [1.54, 1.807) is 0 Å². The second-order valence-electron chi connectivity index (χ2n) is 3.78. The maximum absolute atomic E-state index is 8.79. The monoisotopic (exact) mass is 172 g/mol. The first-order valence-corrected chi connectivity index (χ1v) is 4.73. The number of nitrogens with zero attached hydrogens (tertiary/aromatic N) is 2. The number of hydrogen-bond acceptors (Lipinski definition) is 3. The molecule has 3 heteroatoms. The molecule has 1 aliphatic heterocycles. The molecule has 0 aromatic carbocycles. The van der Waals surface area contributed by atoms with Crippen molar-refractivity contribution >= 4 is 0 Å². The lowest BCUT2D eigenvalue weighted by Gasteiger charge is -2.35. The summed E-state index contributed by atoms with van der Waals surface area (Å²) in [5.74, 6) is 0. The molecule has 0 saturated carbocycles. The van der Waals surface area contributed by atoms with Crippen molar-refractivity contribution in [2.75, 3.05) is 40.3 Å². The fraction of sp³-hybridized carbons (Fsp3) is 1.00. The van der Waals surface area contributed by atoms with E-state index in [0.717, 1.165) is 19.6 Å². The maximum Gasteiger partial charge on any atom is 0.0558 e. The SMILES string of the molecule is CN(C)[C@@H]1CCCN(CCO)C1. The molecule has 1 fully saturated rings. The molecule has 0 unspecified atom stereocenters. The third kappa shape index (κ3) is 2.73. The summed E-state index contributed by atoms with van der Waals surface area (Å²) in [5, 5.41) is 8.79. The van der Waals surface area contributed by atoms with Crippen molar-refractivity contribution in [2.45, 2.75) is 18.9 Å². The second kappa shape index (κ2) is 4.80. The quantitative estimate of drug-likeness (QED) is 0.649. The summed E-state index contributed by atoms with van der Waals surface area (Å²) in [6.45, 7) is 3.41. The van der Waals surface area contributed by atoms with Gasteiger partial charge < -0.3 is 10.0 Å². The largest absolute Gasteiger partial charge is 0.395 e. The van der Waals surface area contributed by atoms with Gasteiger partial charge in [0.2, 0.25) is 0 Å². The minimum Gasteiger partial charge on any atom is -0.395 e. The van der Waals surface area contributed by atoms with E-state index in [4.69, 9.17) is 5.11 Å². The van der Waals surface area contributed by atoms with E-state index in [0.29, 0.717) is 12.6 Å². The summed E-state index contributed by atoms with van der Waals surface area (Å²) < 4.78 is 0. The molecule has 0 spiro atoms. The number of aliphatic hydroxyl groups is 1. The van der Waals surface area contributed by atoms with Crippen LogP contribution in [-0.2, 0) is 0 Å². The van der Waals surface area contributed by atoms with E-state index >= 15 is 0 Å². The summed E-state index contributed by atoms with van der Waals surface area (Å²) in [6.07, 6.45) is 2.57. The smallest absolute Gasteiger partial charge is 0.0558 e. The van der Waals surface area contributed by atoms with Crippen LogP contribution >= 0.6 is 0 Å². The first kappa shape index (κ1) is 9.96. The molecule has 1 saturated heterocycles. The second-order valence-corrected chi connectivity index (χ2v) is 3.78. The highest BCUT2D eigenvalue weighted by Crippen LogP contribution is 2.12. The molecule has 12 heavy (non-hydrogen) atoms. The van der Waals surface area contributed by atoms with Crippen LogP contribution in [0, 0.1) is 0 Å². The number of aliphatic hydroxyl groups excluding tert-OH is 1. The van der Waals surface area contributed by atoms with Crippen molar-refractivity contribution in [3.63, 3.8) is 0 Å². The van der Waals surface area contributed by atoms with Gasteiger partial charge in [-0.2, -0.15) is 0 Å².